The molecule has 1 N–H and O–H groups in total. The summed E-state index contributed by atoms with van der Waals surface area (Å²) in [7, 11) is 0. The number of ether oxygens (including phenoxy) is 1. The van der Waals surface area contributed by atoms with Crippen LogP contribution in [-0.4, -0.2) is 40.4 Å². The topological polar surface area (TPSA) is 75.7 Å². The largest absolute Gasteiger partial charge is 0.458 e. The highest BCUT2D eigenvalue weighted by Gasteiger charge is 2.35. The van der Waals surface area contributed by atoms with Crippen LogP contribution in [-0.2, 0) is 25.7 Å². The summed E-state index contributed by atoms with van der Waals surface area (Å²) < 4.78 is 32.9. The van der Waals surface area contributed by atoms with E-state index < -0.39 is 41.2 Å². The molecule has 0 radical (unpaired) electrons. The number of hydrogen-bond acceptors (Lipinski definition) is 4. The van der Waals surface area contributed by atoms with Crippen molar-refractivity contribution in [2.45, 2.75) is 78.1 Å². The molecular weight excluding hydrogens is 394 g/mol. The van der Waals surface area contributed by atoms with Crippen molar-refractivity contribution in [3.8, 4) is 0 Å². The number of hydrogen-bond donors (Lipinski definition) is 1. The zero-order valence-electron chi connectivity index (χ0n) is 18.1. The maximum atomic E-state index is 14.0. The normalized spacial score (nSPS) is 17.9. The SMILES string of the molecule is CC(C)[C@H](NC(=O)C[C@@H]1CCC(=O)N1Cc1cccc(F)c1F)C(=O)OC(C)(C)C. The summed E-state index contributed by atoms with van der Waals surface area (Å²) in [4.78, 5) is 38.7. The van der Waals surface area contributed by atoms with Crippen LogP contribution in [0, 0.1) is 17.6 Å². The average Bonchev–Trinajstić information content (AvgIpc) is 2.95. The molecule has 6 nitrogen and oxygen atoms in total. The van der Waals surface area contributed by atoms with Crippen molar-refractivity contribution in [1.82, 2.24) is 10.2 Å². The molecule has 2 amide bonds. The molecule has 0 spiro atoms. The van der Waals surface area contributed by atoms with Crippen LogP contribution in [0.25, 0.3) is 0 Å². The Kier molecular flexibility index (Phi) is 7.55. The van der Waals surface area contributed by atoms with Gasteiger partial charge < -0.3 is 15.0 Å². The van der Waals surface area contributed by atoms with Crippen molar-refractivity contribution in [3.63, 3.8) is 0 Å². The number of carbonyl (C=O) groups is 3. The van der Waals surface area contributed by atoms with Crippen LogP contribution in [0.1, 0.15) is 59.4 Å². The van der Waals surface area contributed by atoms with Crippen molar-refractivity contribution < 1.29 is 27.9 Å². The van der Waals surface area contributed by atoms with Crippen molar-refractivity contribution in [2.75, 3.05) is 0 Å². The maximum absolute atomic E-state index is 14.0. The highest BCUT2D eigenvalue weighted by Crippen LogP contribution is 2.25. The molecule has 0 bridgehead atoms. The van der Waals surface area contributed by atoms with Gasteiger partial charge in [0.2, 0.25) is 11.8 Å². The summed E-state index contributed by atoms with van der Waals surface area (Å²) in [5.41, 5.74) is -0.622. The van der Waals surface area contributed by atoms with Gasteiger partial charge >= 0.3 is 5.97 Å². The minimum Gasteiger partial charge on any atom is -0.458 e. The van der Waals surface area contributed by atoms with Crippen LogP contribution in [0.5, 0.6) is 0 Å². The Morgan fingerprint density at radius 1 is 1.27 bits per heavy atom. The van der Waals surface area contributed by atoms with Gasteiger partial charge in [0.25, 0.3) is 0 Å². The van der Waals surface area contributed by atoms with E-state index in [0.717, 1.165) is 6.07 Å². The summed E-state index contributed by atoms with van der Waals surface area (Å²) in [6.45, 7) is 8.73. The van der Waals surface area contributed by atoms with Gasteiger partial charge in [-0.1, -0.05) is 26.0 Å². The van der Waals surface area contributed by atoms with Gasteiger partial charge in [-0.05, 0) is 39.2 Å². The van der Waals surface area contributed by atoms with Crippen LogP contribution in [0.4, 0.5) is 8.78 Å². The van der Waals surface area contributed by atoms with Gasteiger partial charge in [0.15, 0.2) is 11.6 Å². The minimum atomic E-state index is -0.995. The van der Waals surface area contributed by atoms with Gasteiger partial charge in [0.1, 0.15) is 11.6 Å². The highest BCUT2D eigenvalue weighted by molar-refractivity contribution is 5.86. The first-order valence-electron chi connectivity index (χ1n) is 10.1. The number of nitrogens with zero attached hydrogens (tertiary/aromatic N) is 1. The average molecular weight is 424 g/mol. The Balaban J connectivity index is 2.05. The lowest BCUT2D eigenvalue weighted by atomic mass is 10.0. The summed E-state index contributed by atoms with van der Waals surface area (Å²) in [5, 5.41) is 2.70. The molecule has 166 valence electrons. The number of esters is 1. The van der Waals surface area contributed by atoms with Gasteiger partial charge in [-0.25, -0.2) is 13.6 Å². The first kappa shape index (κ1) is 23.8. The van der Waals surface area contributed by atoms with E-state index in [2.05, 4.69) is 5.32 Å². The molecule has 1 aromatic carbocycles. The predicted molar refractivity (Wildman–Crippen MR) is 107 cm³/mol. The van der Waals surface area contributed by atoms with Gasteiger partial charge in [0.05, 0.1) is 0 Å². The molecule has 0 aliphatic carbocycles. The van der Waals surface area contributed by atoms with Crippen molar-refractivity contribution in [1.29, 1.82) is 0 Å². The molecule has 0 unspecified atom stereocenters. The Morgan fingerprint density at radius 2 is 1.93 bits per heavy atom. The maximum Gasteiger partial charge on any atom is 0.329 e. The second kappa shape index (κ2) is 9.53. The van der Waals surface area contributed by atoms with Gasteiger partial charge in [-0.2, -0.15) is 0 Å². The second-order valence-electron chi connectivity index (χ2n) is 8.95. The molecule has 30 heavy (non-hydrogen) atoms. The minimum absolute atomic E-state index is 0.0330. The third-order valence-electron chi connectivity index (χ3n) is 4.89. The third kappa shape index (κ3) is 6.24. The summed E-state index contributed by atoms with van der Waals surface area (Å²) in [6, 6.07) is 2.54. The van der Waals surface area contributed by atoms with Crippen LogP contribution in [0.15, 0.2) is 18.2 Å². The Labute approximate surface area is 176 Å². The highest BCUT2D eigenvalue weighted by atomic mass is 19.2. The fraction of sp³-hybridized carbons (Fsp3) is 0.591. The van der Waals surface area contributed by atoms with Gasteiger partial charge in [-0.15, -0.1) is 0 Å². The van der Waals surface area contributed by atoms with E-state index in [1.165, 1.54) is 17.0 Å². The Bertz CT molecular complexity index is 805. The quantitative estimate of drug-likeness (QED) is 0.682. The molecule has 1 aliphatic heterocycles. The molecule has 1 saturated heterocycles. The fourth-order valence-electron chi connectivity index (χ4n) is 3.39. The molecule has 0 saturated carbocycles. The van der Waals surface area contributed by atoms with E-state index in [9.17, 15) is 23.2 Å². The third-order valence-corrected chi connectivity index (χ3v) is 4.89. The molecule has 2 rings (SSSR count). The monoisotopic (exact) mass is 424 g/mol. The lowest BCUT2D eigenvalue weighted by Gasteiger charge is -2.28. The fourth-order valence-corrected chi connectivity index (χ4v) is 3.39. The Morgan fingerprint density at radius 3 is 2.53 bits per heavy atom. The summed E-state index contributed by atoms with van der Waals surface area (Å²) >= 11 is 0. The van der Waals surface area contributed by atoms with Gasteiger partial charge in [0, 0.05) is 31.0 Å². The predicted octanol–water partition coefficient (Wildman–Crippen LogP) is 3.33. The van der Waals surface area contributed by atoms with E-state index in [0.29, 0.717) is 6.42 Å². The summed E-state index contributed by atoms with van der Waals surface area (Å²) in [5.74, 6) is -3.30. The number of carbonyl (C=O) groups excluding carboxylic acids is 3. The standard InChI is InChI=1S/C22H30F2N2O4/c1-13(2)20(21(29)30-22(3,4)5)25-17(27)11-15-9-10-18(28)26(15)12-14-7-6-8-16(23)19(14)24/h6-8,13,15,20H,9-12H2,1-5H3,(H,25,27)/t15-,20-/m0/s1. The first-order chi connectivity index (χ1) is 13.9. The van der Waals surface area contributed by atoms with Crippen molar-refractivity contribution in [2.24, 2.45) is 5.92 Å². The number of benzene rings is 1. The second-order valence-corrected chi connectivity index (χ2v) is 8.95. The van der Waals surface area contributed by atoms with Crippen LogP contribution < -0.4 is 5.32 Å². The smallest absolute Gasteiger partial charge is 0.329 e. The molecule has 2 atom stereocenters. The van der Waals surface area contributed by atoms with E-state index in [1.54, 1.807) is 34.6 Å². The Hall–Kier alpha value is -2.51. The van der Waals surface area contributed by atoms with Crippen LogP contribution >= 0.6 is 0 Å². The van der Waals surface area contributed by atoms with E-state index in [4.69, 9.17) is 4.74 Å². The molecular formula is C22H30F2N2O4. The van der Waals surface area contributed by atoms with Crippen molar-refractivity contribution >= 4 is 17.8 Å². The summed E-state index contributed by atoms with van der Waals surface area (Å²) in [6.07, 6.45) is 0.630. The van der Waals surface area contributed by atoms with Crippen LogP contribution in [0.3, 0.4) is 0 Å². The number of likely N-dealkylation sites (tertiary alicyclic amines) is 1. The lowest BCUT2D eigenvalue weighted by Crippen LogP contribution is -2.48. The molecule has 0 aromatic heterocycles. The number of nitrogens with one attached hydrogen (secondary N) is 1. The number of amides is 2. The van der Waals surface area contributed by atoms with E-state index in [-0.39, 0.29) is 36.8 Å². The lowest BCUT2D eigenvalue weighted by molar-refractivity contribution is -0.160. The molecule has 1 aromatic rings. The zero-order chi connectivity index (χ0) is 22.6. The number of rotatable bonds is 7. The zero-order valence-corrected chi connectivity index (χ0v) is 18.1. The van der Waals surface area contributed by atoms with Crippen LogP contribution in [0.2, 0.25) is 0 Å². The molecule has 1 heterocycles. The van der Waals surface area contributed by atoms with E-state index >= 15 is 0 Å². The molecule has 1 aliphatic rings. The molecule has 8 heteroatoms. The van der Waals surface area contributed by atoms with Gasteiger partial charge in [-0.3, -0.25) is 9.59 Å². The first-order valence-corrected chi connectivity index (χ1v) is 10.1. The number of halogens is 2. The van der Waals surface area contributed by atoms with Crippen molar-refractivity contribution in [3.05, 3.63) is 35.4 Å². The molecule has 1 fully saturated rings. The van der Waals surface area contributed by atoms with E-state index in [1.807, 2.05) is 0 Å².